The molecule has 1 aromatic carbocycles. The molecule has 0 bridgehead atoms. The number of ether oxygens (including phenoxy) is 1. The van der Waals surface area contributed by atoms with Crippen LogP contribution in [0, 0.1) is 5.41 Å². The highest BCUT2D eigenvalue weighted by molar-refractivity contribution is 6.18. The largest absolute Gasteiger partial charge is 0.478 e. The molecule has 0 aliphatic rings. The van der Waals surface area contributed by atoms with E-state index in [1.165, 1.54) is 0 Å². The molecule has 1 aromatic rings. The van der Waals surface area contributed by atoms with E-state index in [1.807, 2.05) is 31.2 Å². The number of alkyl halides is 2. The Labute approximate surface area is 118 Å². The Hall–Kier alpha value is -0.930. The van der Waals surface area contributed by atoms with Crippen LogP contribution < -0.4 is 4.90 Å². The second kappa shape index (κ2) is 8.22. The third-order valence-corrected chi connectivity index (χ3v) is 2.83. The molecule has 3 nitrogen and oxygen atoms in total. The molecule has 0 heterocycles. The first-order valence-corrected chi connectivity index (χ1v) is 6.98. The molecule has 1 rings (SSSR count). The number of hydrogen-bond acceptors (Lipinski definition) is 3. The highest BCUT2D eigenvalue weighted by Gasteiger charge is 2.07. The molecule has 0 amide bonds. The minimum Gasteiger partial charge on any atom is -0.478 e. The van der Waals surface area contributed by atoms with Crippen molar-refractivity contribution in [1.29, 1.82) is 5.41 Å². The number of nitrogens with one attached hydrogen (secondary N) is 1. The molecular formula is C13H18Cl2N2O. The van der Waals surface area contributed by atoms with E-state index in [-0.39, 0.29) is 5.90 Å². The highest BCUT2D eigenvalue weighted by Crippen LogP contribution is 2.16. The fraction of sp³-hybridized carbons (Fsp3) is 0.462. The van der Waals surface area contributed by atoms with Gasteiger partial charge in [-0.15, -0.1) is 23.2 Å². The van der Waals surface area contributed by atoms with Crippen LogP contribution in [0.5, 0.6) is 0 Å². The van der Waals surface area contributed by atoms with Crippen LogP contribution in [0.1, 0.15) is 12.5 Å². The highest BCUT2D eigenvalue weighted by atomic mass is 35.5. The second-order valence-corrected chi connectivity index (χ2v) is 4.43. The van der Waals surface area contributed by atoms with E-state index in [2.05, 4.69) is 4.90 Å². The van der Waals surface area contributed by atoms with Gasteiger partial charge in [0.2, 0.25) is 5.90 Å². The van der Waals surface area contributed by atoms with Gasteiger partial charge in [-0.1, -0.05) is 0 Å². The summed E-state index contributed by atoms with van der Waals surface area (Å²) in [5, 5.41) is 7.69. The molecule has 1 N–H and O–H groups in total. The molecule has 0 aromatic heterocycles. The standard InChI is InChI=1S/C13H18Cl2N2O/c1-2-18-13(16)11-3-5-12(6-4-11)17(9-7-14)10-8-15/h3-6,16H,2,7-10H2,1H3. The quantitative estimate of drug-likeness (QED) is 0.475. The fourth-order valence-corrected chi connectivity index (χ4v) is 2.03. The van der Waals surface area contributed by atoms with Crippen LogP contribution in [0.15, 0.2) is 24.3 Å². The van der Waals surface area contributed by atoms with Crippen molar-refractivity contribution >= 4 is 34.8 Å². The molecule has 0 spiro atoms. The fourth-order valence-electron chi connectivity index (χ4n) is 1.63. The Morgan fingerprint density at radius 1 is 1.17 bits per heavy atom. The molecule has 0 atom stereocenters. The second-order valence-electron chi connectivity index (χ2n) is 3.67. The number of benzene rings is 1. The summed E-state index contributed by atoms with van der Waals surface area (Å²) in [4.78, 5) is 2.12. The van der Waals surface area contributed by atoms with Crippen molar-refractivity contribution in [2.24, 2.45) is 0 Å². The Bertz CT molecular complexity index is 362. The number of hydrogen-bond donors (Lipinski definition) is 1. The van der Waals surface area contributed by atoms with Gasteiger partial charge in [-0.05, 0) is 31.2 Å². The Kier molecular flexibility index (Phi) is 6.91. The average molecular weight is 289 g/mol. The lowest BCUT2D eigenvalue weighted by Gasteiger charge is -2.23. The Morgan fingerprint density at radius 3 is 2.17 bits per heavy atom. The average Bonchev–Trinajstić information content (AvgIpc) is 2.39. The molecular weight excluding hydrogens is 271 g/mol. The minimum absolute atomic E-state index is 0.199. The van der Waals surface area contributed by atoms with Crippen molar-refractivity contribution < 1.29 is 4.74 Å². The summed E-state index contributed by atoms with van der Waals surface area (Å²) < 4.78 is 5.15. The first-order valence-electron chi connectivity index (χ1n) is 5.91. The summed E-state index contributed by atoms with van der Waals surface area (Å²) in [5.41, 5.74) is 1.83. The van der Waals surface area contributed by atoms with Crippen molar-refractivity contribution in [2.45, 2.75) is 6.92 Å². The molecule has 0 radical (unpaired) electrons. The molecule has 0 fully saturated rings. The van der Waals surface area contributed by atoms with Gasteiger partial charge in [0.25, 0.3) is 0 Å². The van der Waals surface area contributed by atoms with E-state index >= 15 is 0 Å². The van der Waals surface area contributed by atoms with E-state index in [4.69, 9.17) is 33.3 Å². The van der Waals surface area contributed by atoms with E-state index in [1.54, 1.807) is 0 Å². The van der Waals surface area contributed by atoms with Gasteiger partial charge in [0.1, 0.15) is 0 Å². The lowest BCUT2D eigenvalue weighted by atomic mass is 10.2. The lowest BCUT2D eigenvalue weighted by molar-refractivity contribution is 0.325. The van der Waals surface area contributed by atoms with Crippen molar-refractivity contribution in [3.63, 3.8) is 0 Å². The Morgan fingerprint density at radius 2 is 1.72 bits per heavy atom. The molecule has 0 aliphatic carbocycles. The monoisotopic (exact) mass is 288 g/mol. The lowest BCUT2D eigenvalue weighted by Crippen LogP contribution is -2.27. The van der Waals surface area contributed by atoms with Gasteiger partial charge in [-0.3, -0.25) is 5.41 Å². The first-order chi connectivity index (χ1) is 8.72. The first kappa shape index (κ1) is 15.1. The number of anilines is 1. The number of halogens is 2. The maximum atomic E-state index is 7.69. The van der Waals surface area contributed by atoms with Crippen LogP contribution in [-0.4, -0.2) is 37.4 Å². The summed E-state index contributed by atoms with van der Waals surface area (Å²) in [6.45, 7) is 3.89. The maximum Gasteiger partial charge on any atom is 0.213 e. The summed E-state index contributed by atoms with van der Waals surface area (Å²) >= 11 is 11.5. The van der Waals surface area contributed by atoms with Gasteiger partial charge >= 0.3 is 0 Å². The molecule has 18 heavy (non-hydrogen) atoms. The van der Waals surface area contributed by atoms with E-state index in [0.717, 1.165) is 24.3 Å². The molecule has 5 heteroatoms. The molecule has 0 aliphatic heterocycles. The molecule has 100 valence electrons. The van der Waals surface area contributed by atoms with Crippen LogP contribution in [0.4, 0.5) is 5.69 Å². The van der Waals surface area contributed by atoms with Gasteiger partial charge in [-0.2, -0.15) is 0 Å². The van der Waals surface area contributed by atoms with Crippen LogP contribution in [0.3, 0.4) is 0 Å². The SMILES string of the molecule is CCOC(=N)c1ccc(N(CCCl)CCCl)cc1. The number of nitrogens with zero attached hydrogens (tertiary/aromatic N) is 1. The normalized spacial score (nSPS) is 10.2. The third-order valence-electron chi connectivity index (χ3n) is 2.49. The summed E-state index contributed by atoms with van der Waals surface area (Å²) in [6.07, 6.45) is 0. The number of rotatable bonds is 7. The van der Waals surface area contributed by atoms with Crippen molar-refractivity contribution in [3.8, 4) is 0 Å². The van der Waals surface area contributed by atoms with E-state index in [9.17, 15) is 0 Å². The van der Waals surface area contributed by atoms with Gasteiger partial charge in [0, 0.05) is 36.1 Å². The summed E-state index contributed by atoms with van der Waals surface area (Å²) in [5.74, 6) is 1.33. The zero-order chi connectivity index (χ0) is 13.4. The third kappa shape index (κ3) is 4.39. The van der Waals surface area contributed by atoms with E-state index < -0.39 is 0 Å². The van der Waals surface area contributed by atoms with E-state index in [0.29, 0.717) is 18.4 Å². The maximum absolute atomic E-state index is 7.69. The van der Waals surface area contributed by atoms with Gasteiger partial charge in [-0.25, -0.2) is 0 Å². The van der Waals surface area contributed by atoms with Crippen molar-refractivity contribution in [3.05, 3.63) is 29.8 Å². The van der Waals surface area contributed by atoms with Crippen LogP contribution >= 0.6 is 23.2 Å². The topological polar surface area (TPSA) is 36.3 Å². The summed E-state index contributed by atoms with van der Waals surface area (Å²) in [7, 11) is 0. The van der Waals surface area contributed by atoms with Crippen molar-refractivity contribution in [2.75, 3.05) is 36.4 Å². The minimum atomic E-state index is 0.199. The smallest absolute Gasteiger partial charge is 0.213 e. The van der Waals surface area contributed by atoms with Crippen molar-refractivity contribution in [1.82, 2.24) is 0 Å². The van der Waals surface area contributed by atoms with Gasteiger partial charge < -0.3 is 9.64 Å². The van der Waals surface area contributed by atoms with Crippen LogP contribution in [0.25, 0.3) is 0 Å². The zero-order valence-corrected chi connectivity index (χ0v) is 12.0. The van der Waals surface area contributed by atoms with Gasteiger partial charge in [0.05, 0.1) is 6.61 Å². The predicted octanol–water partition coefficient (Wildman–Crippen LogP) is 3.33. The molecule has 0 unspecified atom stereocenters. The van der Waals surface area contributed by atoms with Gasteiger partial charge in [0.15, 0.2) is 0 Å². The Balaban J connectivity index is 2.76. The molecule has 0 saturated heterocycles. The zero-order valence-electron chi connectivity index (χ0n) is 10.5. The summed E-state index contributed by atoms with van der Waals surface area (Å²) in [6, 6.07) is 7.68. The van der Waals surface area contributed by atoms with Crippen LogP contribution in [0.2, 0.25) is 0 Å². The van der Waals surface area contributed by atoms with Crippen LogP contribution in [-0.2, 0) is 4.74 Å². The molecule has 0 saturated carbocycles. The predicted molar refractivity (Wildman–Crippen MR) is 78.5 cm³/mol.